The first-order valence-electron chi connectivity index (χ1n) is 10.3. The molecule has 2 aliphatic rings. The molecule has 0 radical (unpaired) electrons. The summed E-state index contributed by atoms with van der Waals surface area (Å²) in [5, 5.41) is 4.54. The summed E-state index contributed by atoms with van der Waals surface area (Å²) >= 11 is 0. The van der Waals surface area contributed by atoms with E-state index in [1.807, 2.05) is 11.8 Å². The number of carbonyl (C=O) groups is 2. The highest BCUT2D eigenvalue weighted by atomic mass is 19.1. The molecule has 1 aromatic carbocycles. The Kier molecular flexibility index (Phi) is 5.39. The highest BCUT2D eigenvalue weighted by Gasteiger charge is 2.38. The van der Waals surface area contributed by atoms with Crippen molar-refractivity contribution in [3.05, 3.63) is 47.5 Å². The normalized spacial score (nSPS) is 20.5. The largest absolute Gasteiger partial charge is 0.342 e. The van der Waals surface area contributed by atoms with Gasteiger partial charge >= 0.3 is 0 Å². The van der Waals surface area contributed by atoms with Crippen LogP contribution in [-0.4, -0.2) is 46.1 Å². The Morgan fingerprint density at radius 1 is 1.17 bits per heavy atom. The fraction of sp³-hybridized carbons (Fsp3) is 0.500. The van der Waals surface area contributed by atoms with Crippen molar-refractivity contribution >= 4 is 17.5 Å². The Morgan fingerprint density at radius 2 is 1.86 bits per heavy atom. The van der Waals surface area contributed by atoms with Gasteiger partial charge in [-0.3, -0.25) is 14.3 Å². The molecule has 0 spiro atoms. The maximum absolute atomic E-state index is 13.1. The van der Waals surface area contributed by atoms with Gasteiger partial charge in [0.15, 0.2) is 0 Å². The molecule has 0 bridgehead atoms. The van der Waals surface area contributed by atoms with Crippen molar-refractivity contribution in [2.45, 2.75) is 39.7 Å². The van der Waals surface area contributed by atoms with Crippen molar-refractivity contribution in [2.24, 2.45) is 11.8 Å². The fourth-order valence-electron chi connectivity index (χ4n) is 4.44. The van der Waals surface area contributed by atoms with Gasteiger partial charge in [0, 0.05) is 44.0 Å². The third-order valence-corrected chi connectivity index (χ3v) is 6.07. The lowest BCUT2D eigenvalue weighted by atomic mass is 9.95. The van der Waals surface area contributed by atoms with Crippen molar-refractivity contribution in [2.75, 3.05) is 24.5 Å². The van der Waals surface area contributed by atoms with E-state index >= 15 is 0 Å². The summed E-state index contributed by atoms with van der Waals surface area (Å²) in [5.74, 6) is -0.156. The lowest BCUT2D eigenvalue weighted by Crippen LogP contribution is -2.43. The van der Waals surface area contributed by atoms with Crippen molar-refractivity contribution in [3.8, 4) is 0 Å². The van der Waals surface area contributed by atoms with Gasteiger partial charge in [-0.05, 0) is 62.9 Å². The molecule has 1 unspecified atom stereocenters. The zero-order chi connectivity index (χ0) is 20.5. The molecule has 2 amide bonds. The predicted molar refractivity (Wildman–Crippen MR) is 108 cm³/mol. The van der Waals surface area contributed by atoms with E-state index in [2.05, 4.69) is 22.8 Å². The van der Waals surface area contributed by atoms with Gasteiger partial charge in [-0.1, -0.05) is 0 Å². The van der Waals surface area contributed by atoms with Gasteiger partial charge in [0.05, 0.1) is 11.6 Å². The van der Waals surface area contributed by atoms with Crippen LogP contribution < -0.4 is 4.90 Å². The molecule has 1 aromatic heterocycles. The summed E-state index contributed by atoms with van der Waals surface area (Å²) in [5.41, 5.74) is 2.85. The first-order chi connectivity index (χ1) is 13.9. The van der Waals surface area contributed by atoms with Crippen LogP contribution in [0.1, 0.15) is 30.7 Å². The average Bonchev–Trinajstić information content (AvgIpc) is 3.24. The second-order valence-corrected chi connectivity index (χ2v) is 8.26. The molecule has 1 atom stereocenters. The van der Waals surface area contributed by atoms with Crippen LogP contribution >= 0.6 is 0 Å². The Labute approximate surface area is 170 Å². The van der Waals surface area contributed by atoms with Gasteiger partial charge in [-0.2, -0.15) is 5.10 Å². The summed E-state index contributed by atoms with van der Waals surface area (Å²) < 4.78 is 15.2. The van der Waals surface area contributed by atoms with Crippen LogP contribution in [0.4, 0.5) is 10.1 Å². The fourth-order valence-corrected chi connectivity index (χ4v) is 4.44. The number of hydrogen-bond donors (Lipinski definition) is 0. The molecule has 29 heavy (non-hydrogen) atoms. The Hall–Kier alpha value is -2.70. The summed E-state index contributed by atoms with van der Waals surface area (Å²) in [7, 11) is 0. The van der Waals surface area contributed by atoms with E-state index in [1.54, 1.807) is 17.0 Å². The van der Waals surface area contributed by atoms with Gasteiger partial charge in [-0.25, -0.2) is 4.39 Å². The highest BCUT2D eigenvalue weighted by Crippen LogP contribution is 2.28. The Balaban J connectivity index is 1.32. The van der Waals surface area contributed by atoms with Crippen LogP contribution in [0.15, 0.2) is 30.3 Å². The summed E-state index contributed by atoms with van der Waals surface area (Å²) in [6.07, 6.45) is 2.13. The summed E-state index contributed by atoms with van der Waals surface area (Å²) in [4.78, 5) is 28.9. The molecule has 0 aliphatic carbocycles. The number of benzene rings is 1. The van der Waals surface area contributed by atoms with E-state index < -0.39 is 0 Å². The van der Waals surface area contributed by atoms with Crippen LogP contribution in [0.25, 0.3) is 0 Å². The van der Waals surface area contributed by atoms with Gasteiger partial charge < -0.3 is 9.80 Å². The predicted octanol–water partition coefficient (Wildman–Crippen LogP) is 2.93. The van der Waals surface area contributed by atoms with Crippen LogP contribution in [0.5, 0.6) is 0 Å². The zero-order valence-electron chi connectivity index (χ0n) is 17.0. The number of hydrogen-bond acceptors (Lipinski definition) is 3. The van der Waals surface area contributed by atoms with Crippen LogP contribution in [0.3, 0.4) is 0 Å². The maximum atomic E-state index is 13.1. The van der Waals surface area contributed by atoms with Gasteiger partial charge in [0.2, 0.25) is 11.8 Å². The second kappa shape index (κ2) is 7.97. The number of likely N-dealkylation sites (tertiary alicyclic amines) is 1. The van der Waals surface area contributed by atoms with Crippen LogP contribution in [0.2, 0.25) is 0 Å². The number of halogens is 1. The number of aromatic nitrogens is 2. The highest BCUT2D eigenvalue weighted by molar-refractivity contribution is 6.00. The number of aryl methyl sites for hydroxylation is 2. The number of anilines is 1. The Bertz CT molecular complexity index is 900. The number of nitrogens with zero attached hydrogens (tertiary/aromatic N) is 4. The quantitative estimate of drug-likeness (QED) is 0.796. The van der Waals surface area contributed by atoms with E-state index in [0.717, 1.165) is 38.2 Å². The first-order valence-corrected chi connectivity index (χ1v) is 10.3. The molecular weight excluding hydrogens is 371 g/mol. The lowest BCUT2D eigenvalue weighted by Gasteiger charge is -2.33. The van der Waals surface area contributed by atoms with E-state index in [-0.39, 0.29) is 30.0 Å². The van der Waals surface area contributed by atoms with E-state index in [9.17, 15) is 14.0 Å². The summed E-state index contributed by atoms with van der Waals surface area (Å²) in [6.45, 7) is 6.79. The minimum absolute atomic E-state index is 0.0625. The standard InChI is InChI=1S/C22H27FN4O2/c1-15-11-16(2)27(24-15)13-17-7-9-25(10-8-17)22(29)18-12-21(28)26(14-18)20-5-3-19(23)4-6-20/h3-6,11,17-18H,7-10,12-14H2,1-2H3. The molecule has 6 nitrogen and oxygen atoms in total. The number of amides is 2. The van der Waals surface area contributed by atoms with Crippen molar-refractivity contribution < 1.29 is 14.0 Å². The Morgan fingerprint density at radius 3 is 2.48 bits per heavy atom. The number of rotatable bonds is 4. The van der Waals surface area contributed by atoms with Crippen molar-refractivity contribution in [3.63, 3.8) is 0 Å². The maximum Gasteiger partial charge on any atom is 0.228 e. The van der Waals surface area contributed by atoms with Crippen LogP contribution in [-0.2, 0) is 16.1 Å². The smallest absolute Gasteiger partial charge is 0.228 e. The minimum Gasteiger partial charge on any atom is -0.342 e. The van der Waals surface area contributed by atoms with Crippen LogP contribution in [0, 0.1) is 31.5 Å². The van der Waals surface area contributed by atoms with Gasteiger partial charge in [-0.15, -0.1) is 0 Å². The molecule has 2 aliphatic heterocycles. The van der Waals surface area contributed by atoms with Crippen molar-refractivity contribution in [1.29, 1.82) is 0 Å². The van der Waals surface area contributed by atoms with E-state index in [4.69, 9.17) is 0 Å². The molecule has 4 rings (SSSR count). The molecule has 2 saturated heterocycles. The minimum atomic E-state index is -0.337. The molecular formula is C22H27FN4O2. The third-order valence-electron chi connectivity index (χ3n) is 6.07. The van der Waals surface area contributed by atoms with E-state index in [1.165, 1.54) is 17.8 Å². The summed E-state index contributed by atoms with van der Waals surface area (Å²) in [6, 6.07) is 7.94. The molecule has 2 aromatic rings. The second-order valence-electron chi connectivity index (χ2n) is 8.26. The monoisotopic (exact) mass is 398 g/mol. The third kappa shape index (κ3) is 4.18. The number of carbonyl (C=O) groups excluding carboxylic acids is 2. The van der Waals surface area contributed by atoms with Crippen molar-refractivity contribution in [1.82, 2.24) is 14.7 Å². The molecule has 7 heteroatoms. The molecule has 2 fully saturated rings. The zero-order valence-corrected chi connectivity index (χ0v) is 17.0. The average molecular weight is 398 g/mol. The first kappa shape index (κ1) is 19.6. The molecule has 0 saturated carbocycles. The van der Waals surface area contributed by atoms with Gasteiger partial charge in [0.1, 0.15) is 5.82 Å². The topological polar surface area (TPSA) is 58.4 Å². The molecule has 3 heterocycles. The SMILES string of the molecule is Cc1cc(C)n(CC2CCN(C(=O)C3CC(=O)N(c4ccc(F)cc4)C3)CC2)n1. The van der Waals surface area contributed by atoms with E-state index in [0.29, 0.717) is 18.2 Å². The number of piperidine rings is 1. The molecule has 0 N–H and O–H groups in total. The lowest BCUT2D eigenvalue weighted by molar-refractivity contribution is -0.137. The van der Waals surface area contributed by atoms with Gasteiger partial charge in [0.25, 0.3) is 0 Å². The molecule has 154 valence electrons.